The van der Waals surface area contributed by atoms with Crippen LogP contribution in [0.1, 0.15) is 33.6 Å². The quantitative estimate of drug-likeness (QED) is 0.678. The number of rotatable bonds is 8. The second-order valence-electron chi connectivity index (χ2n) is 6.68. The van der Waals surface area contributed by atoms with Crippen molar-refractivity contribution in [3.63, 3.8) is 0 Å². The minimum atomic E-state index is 0.275. The summed E-state index contributed by atoms with van der Waals surface area (Å²) in [6.07, 6.45) is 2.39. The predicted octanol–water partition coefficient (Wildman–Crippen LogP) is 1.44. The summed E-state index contributed by atoms with van der Waals surface area (Å²) >= 11 is 0. The fourth-order valence-corrected chi connectivity index (χ4v) is 2.38. The number of hydrogen-bond acceptors (Lipinski definition) is 4. The molecule has 4 heteroatoms. The minimum Gasteiger partial charge on any atom is -0.395 e. The second kappa shape index (κ2) is 8.90. The molecular formula is C15H32N2O2. The van der Waals surface area contributed by atoms with Crippen molar-refractivity contribution in [1.29, 1.82) is 0 Å². The summed E-state index contributed by atoms with van der Waals surface area (Å²) < 4.78 is 5.71. The lowest BCUT2D eigenvalue weighted by atomic mass is 9.91. The Morgan fingerprint density at radius 2 is 1.53 bits per heavy atom. The van der Waals surface area contributed by atoms with Crippen LogP contribution in [0, 0.1) is 5.41 Å². The van der Waals surface area contributed by atoms with Gasteiger partial charge in [-0.1, -0.05) is 20.8 Å². The fourth-order valence-electron chi connectivity index (χ4n) is 2.38. The van der Waals surface area contributed by atoms with Crippen LogP contribution < -0.4 is 0 Å². The topological polar surface area (TPSA) is 35.9 Å². The number of β-amino-alcohol motifs (C(OH)–C–C–N with tert-alkyl or cyclic N) is 1. The monoisotopic (exact) mass is 272 g/mol. The molecule has 1 saturated heterocycles. The van der Waals surface area contributed by atoms with E-state index in [1.807, 2.05) is 0 Å². The first-order valence-electron chi connectivity index (χ1n) is 7.64. The van der Waals surface area contributed by atoms with E-state index >= 15 is 0 Å². The van der Waals surface area contributed by atoms with E-state index < -0.39 is 0 Å². The van der Waals surface area contributed by atoms with Gasteiger partial charge in [-0.25, -0.2) is 0 Å². The first-order chi connectivity index (χ1) is 9.01. The highest BCUT2D eigenvalue weighted by Gasteiger charge is 2.15. The fraction of sp³-hybridized carbons (Fsp3) is 1.00. The van der Waals surface area contributed by atoms with E-state index in [1.54, 1.807) is 0 Å². The molecule has 0 radical (unpaired) electrons. The Morgan fingerprint density at radius 3 is 2.05 bits per heavy atom. The first-order valence-corrected chi connectivity index (χ1v) is 7.64. The third-order valence-corrected chi connectivity index (χ3v) is 3.65. The van der Waals surface area contributed by atoms with Crippen LogP contribution in [0.15, 0.2) is 0 Å². The maximum Gasteiger partial charge on any atom is 0.0593 e. The summed E-state index contributed by atoms with van der Waals surface area (Å²) in [5.74, 6) is 0. The molecule has 1 fully saturated rings. The zero-order valence-electron chi connectivity index (χ0n) is 13.0. The van der Waals surface area contributed by atoms with Crippen LogP contribution in [-0.4, -0.2) is 74.0 Å². The Balaban J connectivity index is 1.94. The molecule has 0 aromatic rings. The first kappa shape index (κ1) is 16.9. The lowest BCUT2D eigenvalue weighted by molar-refractivity contribution is 0.0665. The van der Waals surface area contributed by atoms with Gasteiger partial charge in [0.25, 0.3) is 0 Å². The summed E-state index contributed by atoms with van der Waals surface area (Å²) in [6.45, 7) is 15.1. The Morgan fingerprint density at radius 1 is 0.947 bits per heavy atom. The van der Waals surface area contributed by atoms with Gasteiger partial charge in [0, 0.05) is 45.9 Å². The highest BCUT2D eigenvalue weighted by molar-refractivity contribution is 4.71. The molecule has 1 heterocycles. The molecule has 0 aromatic heterocycles. The van der Waals surface area contributed by atoms with Gasteiger partial charge in [0.05, 0.1) is 13.2 Å². The van der Waals surface area contributed by atoms with Crippen molar-refractivity contribution >= 4 is 0 Å². The third kappa shape index (κ3) is 8.58. The van der Waals surface area contributed by atoms with Crippen molar-refractivity contribution in [1.82, 2.24) is 9.80 Å². The van der Waals surface area contributed by atoms with Crippen molar-refractivity contribution in [3.05, 3.63) is 0 Å². The standard InChI is InChI=1S/C15H32N2O2/c1-15(2,3)5-4-13-19-14-11-17-8-6-16(7-9-17)10-12-18/h18H,4-14H2,1-3H3. The average molecular weight is 272 g/mol. The second-order valence-corrected chi connectivity index (χ2v) is 6.68. The molecule has 4 nitrogen and oxygen atoms in total. The molecular weight excluding hydrogens is 240 g/mol. The molecule has 114 valence electrons. The molecule has 0 aromatic carbocycles. The van der Waals surface area contributed by atoms with Gasteiger partial charge in [-0.3, -0.25) is 9.80 Å². The van der Waals surface area contributed by atoms with Gasteiger partial charge in [0.2, 0.25) is 0 Å². The lowest BCUT2D eigenvalue weighted by Gasteiger charge is -2.34. The summed E-state index contributed by atoms with van der Waals surface area (Å²) in [5.41, 5.74) is 0.423. The molecule has 0 unspecified atom stereocenters. The summed E-state index contributed by atoms with van der Waals surface area (Å²) in [4.78, 5) is 4.78. The molecule has 0 aliphatic carbocycles. The van der Waals surface area contributed by atoms with Crippen LogP contribution in [0.5, 0.6) is 0 Å². The van der Waals surface area contributed by atoms with Crippen LogP contribution in [-0.2, 0) is 4.74 Å². The molecule has 1 rings (SSSR count). The maximum absolute atomic E-state index is 8.89. The Labute approximate surface area is 118 Å². The minimum absolute atomic E-state index is 0.275. The van der Waals surface area contributed by atoms with Crippen molar-refractivity contribution in [2.75, 3.05) is 59.1 Å². The maximum atomic E-state index is 8.89. The Bertz CT molecular complexity index is 221. The molecule has 0 bridgehead atoms. The predicted molar refractivity (Wildman–Crippen MR) is 79.5 cm³/mol. The van der Waals surface area contributed by atoms with Crippen molar-refractivity contribution in [2.24, 2.45) is 5.41 Å². The molecule has 1 N–H and O–H groups in total. The van der Waals surface area contributed by atoms with E-state index in [9.17, 15) is 0 Å². The largest absolute Gasteiger partial charge is 0.395 e. The summed E-state index contributed by atoms with van der Waals surface area (Å²) in [5, 5.41) is 8.89. The van der Waals surface area contributed by atoms with Crippen molar-refractivity contribution in [2.45, 2.75) is 33.6 Å². The zero-order chi connectivity index (χ0) is 14.1. The van der Waals surface area contributed by atoms with Gasteiger partial charge in [-0.05, 0) is 18.3 Å². The smallest absolute Gasteiger partial charge is 0.0593 e. The molecule has 1 aliphatic heterocycles. The lowest BCUT2D eigenvalue weighted by Crippen LogP contribution is -2.47. The number of ether oxygens (including phenoxy) is 1. The van der Waals surface area contributed by atoms with Gasteiger partial charge < -0.3 is 9.84 Å². The van der Waals surface area contributed by atoms with Crippen LogP contribution >= 0.6 is 0 Å². The number of nitrogens with zero attached hydrogens (tertiary/aromatic N) is 2. The van der Waals surface area contributed by atoms with Gasteiger partial charge in [0.15, 0.2) is 0 Å². The van der Waals surface area contributed by atoms with Crippen LogP contribution in [0.3, 0.4) is 0 Å². The zero-order valence-corrected chi connectivity index (χ0v) is 13.0. The Hall–Kier alpha value is -0.160. The van der Waals surface area contributed by atoms with Crippen molar-refractivity contribution in [3.8, 4) is 0 Å². The van der Waals surface area contributed by atoms with E-state index in [4.69, 9.17) is 9.84 Å². The summed E-state index contributed by atoms with van der Waals surface area (Å²) in [7, 11) is 0. The van der Waals surface area contributed by atoms with Crippen LogP contribution in [0.4, 0.5) is 0 Å². The van der Waals surface area contributed by atoms with Crippen LogP contribution in [0.25, 0.3) is 0 Å². The third-order valence-electron chi connectivity index (χ3n) is 3.65. The molecule has 0 amide bonds. The summed E-state index contributed by atoms with van der Waals surface area (Å²) in [6, 6.07) is 0. The van der Waals surface area contributed by atoms with Gasteiger partial charge >= 0.3 is 0 Å². The van der Waals surface area contributed by atoms with Crippen molar-refractivity contribution < 1.29 is 9.84 Å². The highest BCUT2D eigenvalue weighted by Crippen LogP contribution is 2.20. The number of aliphatic hydroxyl groups excluding tert-OH is 1. The number of aliphatic hydroxyl groups is 1. The van der Waals surface area contributed by atoms with Gasteiger partial charge in [-0.15, -0.1) is 0 Å². The normalized spacial score (nSPS) is 18.9. The van der Waals surface area contributed by atoms with E-state index in [0.717, 1.165) is 58.9 Å². The highest BCUT2D eigenvalue weighted by atomic mass is 16.5. The van der Waals surface area contributed by atoms with E-state index in [2.05, 4.69) is 30.6 Å². The van der Waals surface area contributed by atoms with E-state index in [1.165, 1.54) is 6.42 Å². The Kier molecular flexibility index (Phi) is 7.91. The van der Waals surface area contributed by atoms with E-state index in [0.29, 0.717) is 5.41 Å². The number of hydrogen-bond donors (Lipinski definition) is 1. The SMILES string of the molecule is CC(C)(C)CCCOCCN1CCN(CCO)CC1. The van der Waals surface area contributed by atoms with Gasteiger partial charge in [0.1, 0.15) is 0 Å². The molecule has 1 aliphatic rings. The molecule has 0 saturated carbocycles. The van der Waals surface area contributed by atoms with Gasteiger partial charge in [-0.2, -0.15) is 0 Å². The van der Waals surface area contributed by atoms with E-state index in [-0.39, 0.29) is 6.61 Å². The molecule has 0 spiro atoms. The average Bonchev–Trinajstić information content (AvgIpc) is 2.35. The molecule has 0 atom stereocenters. The molecule has 19 heavy (non-hydrogen) atoms. The number of piperazine rings is 1. The van der Waals surface area contributed by atoms with Crippen LogP contribution in [0.2, 0.25) is 0 Å².